The topological polar surface area (TPSA) is 157 Å². The van der Waals surface area contributed by atoms with Gasteiger partial charge in [0.05, 0.1) is 24.5 Å². The zero-order chi connectivity index (χ0) is 45.5. The number of aliphatic hydroxyl groups is 2. The van der Waals surface area contributed by atoms with Gasteiger partial charge < -0.3 is 32.3 Å². The van der Waals surface area contributed by atoms with E-state index < -0.39 is 12.2 Å². The molecule has 10 heteroatoms. The SMILES string of the molecule is CCCCCCCCC=CCCCCCC(CC(=O)NC(CC)N1CCN(C(CC)NC(=O)CC(CCCCC/C=C\CCCCCCCC)CC(O)CN)CC1)CC(O)CN. The summed E-state index contributed by atoms with van der Waals surface area (Å²) in [6.45, 7) is 12.5. The van der Waals surface area contributed by atoms with Gasteiger partial charge in [-0.05, 0) is 102 Å². The average molecular weight is 875 g/mol. The molecule has 1 saturated heterocycles. The molecule has 0 spiro atoms. The molecule has 0 radical (unpaired) electrons. The van der Waals surface area contributed by atoms with Crippen LogP contribution in [0.2, 0.25) is 0 Å². The quantitative estimate of drug-likeness (QED) is 0.0261. The van der Waals surface area contributed by atoms with Crippen LogP contribution in [0, 0.1) is 11.8 Å². The molecule has 0 bridgehead atoms. The minimum absolute atomic E-state index is 0.0432. The van der Waals surface area contributed by atoms with Gasteiger partial charge in [-0.3, -0.25) is 19.4 Å². The minimum atomic E-state index is -0.579. The Morgan fingerprint density at radius 1 is 0.500 bits per heavy atom. The molecular formula is C52H102N6O4. The standard InChI is InChI=1S/C52H102N6O4/c1-5-9-11-13-15-17-19-21-23-25-27-29-31-33-45(39-47(59)43-53)41-51(61)55-49(7-3)57-35-37-58(38-36-57)50(8-4)56-52(62)42-46(40-48(60)44-54)34-32-30-28-26-24-22-20-18-16-14-12-10-6-2/h21-24,45-50,59-60H,5-20,25-44,53-54H2,1-4H3,(H,55,61)(H,56,62)/b23-21-,24-22?. The van der Waals surface area contributed by atoms with Crippen molar-refractivity contribution in [2.75, 3.05) is 39.3 Å². The first-order valence-electron chi connectivity index (χ1n) is 26.3. The Morgan fingerprint density at radius 2 is 0.806 bits per heavy atom. The molecule has 364 valence electrons. The Balaban J connectivity index is 2.50. The van der Waals surface area contributed by atoms with E-state index in [0.717, 1.165) is 103 Å². The summed E-state index contributed by atoms with van der Waals surface area (Å²) in [5.41, 5.74) is 11.6. The number of hydrogen-bond donors (Lipinski definition) is 6. The van der Waals surface area contributed by atoms with E-state index in [-0.39, 0.29) is 49.1 Å². The van der Waals surface area contributed by atoms with Crippen LogP contribution in [0.25, 0.3) is 0 Å². The zero-order valence-electron chi connectivity index (χ0n) is 41.0. The van der Waals surface area contributed by atoms with Crippen molar-refractivity contribution >= 4 is 11.8 Å². The lowest BCUT2D eigenvalue weighted by Gasteiger charge is -2.42. The lowest BCUT2D eigenvalue weighted by Crippen LogP contribution is -2.59. The molecule has 8 N–H and O–H groups in total. The van der Waals surface area contributed by atoms with Gasteiger partial charge in [-0.15, -0.1) is 0 Å². The van der Waals surface area contributed by atoms with Gasteiger partial charge in [0.25, 0.3) is 0 Å². The van der Waals surface area contributed by atoms with Crippen LogP contribution in [0.5, 0.6) is 0 Å². The van der Waals surface area contributed by atoms with Crippen LogP contribution in [0.15, 0.2) is 24.3 Å². The first-order chi connectivity index (χ1) is 30.2. The Labute approximate surface area is 382 Å². The molecule has 1 aliphatic heterocycles. The van der Waals surface area contributed by atoms with Crippen molar-refractivity contribution < 1.29 is 19.8 Å². The highest BCUT2D eigenvalue weighted by Crippen LogP contribution is 2.23. The second-order valence-electron chi connectivity index (χ2n) is 18.8. The molecule has 2 amide bonds. The van der Waals surface area contributed by atoms with Gasteiger partial charge in [-0.25, -0.2) is 0 Å². The smallest absolute Gasteiger partial charge is 0.221 e. The Bertz CT molecular complexity index is 1020. The van der Waals surface area contributed by atoms with Crippen LogP contribution >= 0.6 is 0 Å². The van der Waals surface area contributed by atoms with E-state index in [0.29, 0.717) is 25.7 Å². The number of unbranched alkanes of at least 4 members (excludes halogenated alkanes) is 18. The van der Waals surface area contributed by atoms with Crippen LogP contribution < -0.4 is 22.1 Å². The molecular weight excluding hydrogens is 773 g/mol. The van der Waals surface area contributed by atoms with Crippen molar-refractivity contribution in [3.8, 4) is 0 Å². The molecule has 0 aromatic rings. The minimum Gasteiger partial charge on any atom is -0.392 e. The maximum absolute atomic E-state index is 13.4. The summed E-state index contributed by atoms with van der Waals surface area (Å²) >= 11 is 0. The second-order valence-corrected chi connectivity index (χ2v) is 18.8. The first kappa shape index (κ1) is 58.2. The zero-order valence-corrected chi connectivity index (χ0v) is 41.0. The van der Waals surface area contributed by atoms with Gasteiger partial charge in [0.1, 0.15) is 0 Å². The monoisotopic (exact) mass is 875 g/mol. The number of hydrogen-bond acceptors (Lipinski definition) is 8. The number of rotatable bonds is 42. The molecule has 10 nitrogen and oxygen atoms in total. The van der Waals surface area contributed by atoms with E-state index in [2.05, 4.69) is 72.4 Å². The highest BCUT2D eigenvalue weighted by atomic mass is 16.3. The Hall–Kier alpha value is -1.82. The Morgan fingerprint density at radius 3 is 1.11 bits per heavy atom. The van der Waals surface area contributed by atoms with Crippen LogP contribution in [-0.4, -0.2) is 95.6 Å². The molecule has 0 aromatic heterocycles. The van der Waals surface area contributed by atoms with Gasteiger partial charge in [-0.2, -0.15) is 0 Å². The summed E-state index contributed by atoms with van der Waals surface area (Å²) in [7, 11) is 0. The van der Waals surface area contributed by atoms with Crippen molar-refractivity contribution in [3.63, 3.8) is 0 Å². The van der Waals surface area contributed by atoms with Gasteiger partial charge in [0, 0.05) is 52.1 Å². The predicted octanol–water partition coefficient (Wildman–Crippen LogP) is 10.3. The van der Waals surface area contributed by atoms with Gasteiger partial charge in [0.15, 0.2) is 0 Å². The molecule has 6 atom stereocenters. The number of carbonyl (C=O) groups excluding carboxylic acids is 2. The van der Waals surface area contributed by atoms with Gasteiger partial charge in [-0.1, -0.05) is 142 Å². The molecule has 0 saturated carbocycles. The van der Waals surface area contributed by atoms with E-state index in [1.54, 1.807) is 0 Å². The third kappa shape index (κ3) is 31.1. The van der Waals surface area contributed by atoms with Crippen molar-refractivity contribution in [1.82, 2.24) is 20.4 Å². The summed E-state index contributed by atoms with van der Waals surface area (Å²) < 4.78 is 0. The predicted molar refractivity (Wildman–Crippen MR) is 264 cm³/mol. The number of allylic oxidation sites excluding steroid dienone is 4. The summed E-state index contributed by atoms with van der Waals surface area (Å²) in [5, 5.41) is 27.4. The summed E-state index contributed by atoms with van der Waals surface area (Å²) in [4.78, 5) is 31.6. The van der Waals surface area contributed by atoms with E-state index in [1.165, 1.54) is 89.9 Å². The van der Waals surface area contributed by atoms with Gasteiger partial charge >= 0.3 is 0 Å². The summed E-state index contributed by atoms with van der Waals surface area (Å²) in [6.07, 6.45) is 40.9. The van der Waals surface area contributed by atoms with Crippen LogP contribution in [-0.2, 0) is 9.59 Å². The number of nitrogens with one attached hydrogen (secondary N) is 2. The molecule has 6 unspecified atom stereocenters. The van der Waals surface area contributed by atoms with Crippen molar-refractivity contribution in [2.24, 2.45) is 23.3 Å². The molecule has 0 aliphatic carbocycles. The second kappa shape index (κ2) is 40.7. The van der Waals surface area contributed by atoms with Crippen molar-refractivity contribution in [2.45, 2.75) is 245 Å². The number of amides is 2. The van der Waals surface area contributed by atoms with E-state index in [4.69, 9.17) is 11.5 Å². The molecule has 62 heavy (non-hydrogen) atoms. The third-order valence-corrected chi connectivity index (χ3v) is 13.1. The molecule has 0 aromatic carbocycles. The van der Waals surface area contributed by atoms with E-state index in [9.17, 15) is 19.8 Å². The van der Waals surface area contributed by atoms with E-state index >= 15 is 0 Å². The molecule has 1 fully saturated rings. The maximum atomic E-state index is 13.4. The fourth-order valence-corrected chi connectivity index (χ4v) is 9.15. The number of nitrogens with two attached hydrogens (primary N) is 2. The van der Waals surface area contributed by atoms with E-state index in [1.807, 2.05) is 0 Å². The third-order valence-electron chi connectivity index (χ3n) is 13.1. The lowest BCUT2D eigenvalue weighted by molar-refractivity contribution is -0.126. The number of carbonyl (C=O) groups is 2. The van der Waals surface area contributed by atoms with Crippen LogP contribution in [0.1, 0.15) is 220 Å². The fourth-order valence-electron chi connectivity index (χ4n) is 9.15. The molecule has 1 rings (SSSR count). The first-order valence-corrected chi connectivity index (χ1v) is 26.3. The molecule has 1 aliphatic rings. The number of aliphatic hydroxyl groups excluding tert-OH is 2. The van der Waals surface area contributed by atoms with Crippen molar-refractivity contribution in [3.05, 3.63) is 24.3 Å². The van der Waals surface area contributed by atoms with Crippen LogP contribution in [0.3, 0.4) is 0 Å². The Kier molecular flexibility index (Phi) is 38.2. The number of piperazine rings is 1. The normalized spacial score (nSPS) is 17.0. The summed E-state index contributed by atoms with van der Waals surface area (Å²) in [6, 6.07) is 0. The lowest BCUT2D eigenvalue weighted by atomic mass is 9.91. The van der Waals surface area contributed by atoms with Crippen LogP contribution in [0.4, 0.5) is 0 Å². The summed E-state index contributed by atoms with van der Waals surface area (Å²) in [5.74, 6) is 0.333. The highest BCUT2D eigenvalue weighted by Gasteiger charge is 2.29. The number of nitrogens with zero attached hydrogens (tertiary/aromatic N) is 2. The maximum Gasteiger partial charge on any atom is 0.221 e. The largest absolute Gasteiger partial charge is 0.392 e. The fraction of sp³-hybridized carbons (Fsp3) is 0.885. The van der Waals surface area contributed by atoms with Gasteiger partial charge in [0.2, 0.25) is 11.8 Å². The highest BCUT2D eigenvalue weighted by molar-refractivity contribution is 5.76. The molecule has 1 heterocycles. The average Bonchev–Trinajstić information content (AvgIpc) is 3.27. The van der Waals surface area contributed by atoms with Crippen molar-refractivity contribution in [1.29, 1.82) is 0 Å².